The van der Waals surface area contributed by atoms with Crippen LogP contribution in [0.15, 0.2) is 24.3 Å². The molecule has 0 aliphatic carbocycles. The van der Waals surface area contributed by atoms with Crippen molar-refractivity contribution in [3.8, 4) is 0 Å². The summed E-state index contributed by atoms with van der Waals surface area (Å²) in [5.74, 6) is 1.24. The highest BCUT2D eigenvalue weighted by Crippen LogP contribution is 2.25. The number of rotatable bonds is 6. The molecule has 2 heterocycles. The fourth-order valence-electron chi connectivity index (χ4n) is 3.85. The smallest absolute Gasteiger partial charge is 0.224 e. The second-order valence-electron chi connectivity index (χ2n) is 7.36. The van der Waals surface area contributed by atoms with Gasteiger partial charge in [0.1, 0.15) is 0 Å². The molecule has 2 aliphatic heterocycles. The SMILES string of the molecule is CC(CC(=O)Nc1ccccc1CN1CCOCC1)C1CCNCC1.Cl.Cl. The predicted molar refractivity (Wildman–Crippen MR) is 115 cm³/mol. The van der Waals surface area contributed by atoms with E-state index in [-0.39, 0.29) is 30.7 Å². The number of carbonyl (C=O) groups excluding carboxylic acids is 1. The van der Waals surface area contributed by atoms with Crippen LogP contribution in [0.4, 0.5) is 5.69 Å². The molecule has 27 heavy (non-hydrogen) atoms. The Bertz CT molecular complexity index is 562. The Morgan fingerprint density at radius 2 is 1.89 bits per heavy atom. The first-order valence-electron chi connectivity index (χ1n) is 9.61. The molecule has 0 bridgehead atoms. The second-order valence-corrected chi connectivity index (χ2v) is 7.36. The van der Waals surface area contributed by atoms with E-state index in [0.29, 0.717) is 18.3 Å². The van der Waals surface area contributed by atoms with E-state index in [9.17, 15) is 4.79 Å². The molecule has 1 aromatic carbocycles. The third kappa shape index (κ3) is 7.59. The highest BCUT2D eigenvalue weighted by atomic mass is 35.5. The van der Waals surface area contributed by atoms with Crippen LogP contribution < -0.4 is 10.6 Å². The first-order valence-corrected chi connectivity index (χ1v) is 9.61. The fraction of sp³-hybridized carbons (Fsp3) is 0.650. The van der Waals surface area contributed by atoms with Crippen LogP contribution in [0.5, 0.6) is 0 Å². The number of piperidine rings is 1. The van der Waals surface area contributed by atoms with Gasteiger partial charge >= 0.3 is 0 Å². The van der Waals surface area contributed by atoms with E-state index in [1.165, 1.54) is 18.4 Å². The minimum absolute atomic E-state index is 0. The maximum absolute atomic E-state index is 12.5. The maximum Gasteiger partial charge on any atom is 0.224 e. The monoisotopic (exact) mass is 417 g/mol. The van der Waals surface area contributed by atoms with Crippen LogP contribution in [-0.2, 0) is 16.1 Å². The number of amides is 1. The molecular formula is C20H33Cl2N3O2. The number of anilines is 1. The molecule has 154 valence electrons. The van der Waals surface area contributed by atoms with Gasteiger partial charge in [0.2, 0.25) is 5.91 Å². The summed E-state index contributed by atoms with van der Waals surface area (Å²) in [5.41, 5.74) is 2.14. The van der Waals surface area contributed by atoms with E-state index in [1.807, 2.05) is 18.2 Å². The Morgan fingerprint density at radius 3 is 2.59 bits per heavy atom. The Kier molecular flexibility index (Phi) is 11.3. The highest BCUT2D eigenvalue weighted by Gasteiger charge is 2.22. The summed E-state index contributed by atoms with van der Waals surface area (Å²) in [5, 5.41) is 6.55. The van der Waals surface area contributed by atoms with Crippen LogP contribution >= 0.6 is 24.8 Å². The Hall–Kier alpha value is -0.850. The summed E-state index contributed by atoms with van der Waals surface area (Å²) in [4.78, 5) is 14.9. The summed E-state index contributed by atoms with van der Waals surface area (Å²) in [7, 11) is 0. The Morgan fingerprint density at radius 1 is 1.22 bits per heavy atom. The van der Waals surface area contributed by atoms with Crippen molar-refractivity contribution in [1.29, 1.82) is 0 Å². The van der Waals surface area contributed by atoms with Gasteiger partial charge < -0.3 is 15.4 Å². The number of carbonyl (C=O) groups is 1. The zero-order chi connectivity index (χ0) is 17.5. The molecule has 0 saturated carbocycles. The minimum Gasteiger partial charge on any atom is -0.379 e. The van der Waals surface area contributed by atoms with Gasteiger partial charge in [-0.1, -0.05) is 25.1 Å². The van der Waals surface area contributed by atoms with Gasteiger partial charge in [0.15, 0.2) is 0 Å². The predicted octanol–water partition coefficient (Wildman–Crippen LogP) is 3.33. The average molecular weight is 418 g/mol. The second kappa shape index (κ2) is 12.6. The number of benzene rings is 1. The molecule has 0 aromatic heterocycles. The molecule has 2 fully saturated rings. The molecule has 2 N–H and O–H groups in total. The molecule has 5 nitrogen and oxygen atoms in total. The normalized spacial score (nSPS) is 19.4. The van der Waals surface area contributed by atoms with Gasteiger partial charge in [-0.05, 0) is 49.4 Å². The van der Waals surface area contributed by atoms with E-state index in [4.69, 9.17) is 4.74 Å². The lowest BCUT2D eigenvalue weighted by molar-refractivity contribution is -0.117. The number of nitrogens with one attached hydrogen (secondary N) is 2. The van der Waals surface area contributed by atoms with Crippen molar-refractivity contribution < 1.29 is 9.53 Å². The standard InChI is InChI=1S/C20H31N3O2.2ClH/c1-16(17-6-8-21-9-7-17)14-20(24)22-19-5-3-2-4-18(19)15-23-10-12-25-13-11-23;;/h2-5,16-17,21H,6-15H2,1H3,(H,22,24);2*1H. The Balaban J connectivity index is 0.00000182. The molecule has 1 unspecified atom stereocenters. The number of hydrogen-bond donors (Lipinski definition) is 2. The third-order valence-corrected chi connectivity index (χ3v) is 5.49. The molecule has 3 rings (SSSR count). The van der Waals surface area contributed by atoms with Crippen LogP contribution in [0, 0.1) is 11.8 Å². The average Bonchev–Trinajstić information content (AvgIpc) is 2.65. The van der Waals surface area contributed by atoms with E-state index in [0.717, 1.165) is 51.6 Å². The first kappa shape index (κ1) is 24.2. The molecule has 0 spiro atoms. The van der Waals surface area contributed by atoms with Gasteiger partial charge in [0, 0.05) is 31.7 Å². The number of nitrogens with zero attached hydrogens (tertiary/aromatic N) is 1. The van der Waals surface area contributed by atoms with Crippen LogP contribution in [0.2, 0.25) is 0 Å². The van der Waals surface area contributed by atoms with Gasteiger partial charge in [-0.3, -0.25) is 9.69 Å². The van der Waals surface area contributed by atoms with E-state index in [2.05, 4.69) is 28.5 Å². The summed E-state index contributed by atoms with van der Waals surface area (Å²) in [6.07, 6.45) is 2.97. The van der Waals surface area contributed by atoms with E-state index >= 15 is 0 Å². The molecule has 2 aliphatic rings. The fourth-order valence-corrected chi connectivity index (χ4v) is 3.85. The lowest BCUT2D eigenvalue weighted by Crippen LogP contribution is -2.36. The van der Waals surface area contributed by atoms with Crippen molar-refractivity contribution in [2.24, 2.45) is 11.8 Å². The molecule has 1 atom stereocenters. The van der Waals surface area contributed by atoms with Crippen LogP contribution in [-0.4, -0.2) is 50.2 Å². The molecular weight excluding hydrogens is 385 g/mol. The van der Waals surface area contributed by atoms with Crippen LogP contribution in [0.25, 0.3) is 0 Å². The largest absolute Gasteiger partial charge is 0.379 e. The van der Waals surface area contributed by atoms with Crippen molar-refractivity contribution in [2.45, 2.75) is 32.7 Å². The first-order chi connectivity index (χ1) is 12.2. The van der Waals surface area contributed by atoms with Crippen molar-refractivity contribution in [3.63, 3.8) is 0 Å². The van der Waals surface area contributed by atoms with Gasteiger partial charge in [0.25, 0.3) is 0 Å². The van der Waals surface area contributed by atoms with Crippen molar-refractivity contribution in [3.05, 3.63) is 29.8 Å². The lowest BCUT2D eigenvalue weighted by atomic mass is 9.84. The molecule has 1 aromatic rings. The maximum atomic E-state index is 12.5. The van der Waals surface area contributed by atoms with Crippen molar-refractivity contribution in [2.75, 3.05) is 44.7 Å². The Labute approximate surface area is 175 Å². The molecule has 0 radical (unpaired) electrons. The zero-order valence-corrected chi connectivity index (χ0v) is 17.7. The summed E-state index contributed by atoms with van der Waals surface area (Å²) < 4.78 is 5.42. The summed E-state index contributed by atoms with van der Waals surface area (Å²) in [6.45, 7) is 8.74. The van der Waals surface area contributed by atoms with Gasteiger partial charge in [-0.25, -0.2) is 0 Å². The van der Waals surface area contributed by atoms with Gasteiger partial charge in [-0.2, -0.15) is 0 Å². The van der Waals surface area contributed by atoms with E-state index in [1.54, 1.807) is 0 Å². The van der Waals surface area contributed by atoms with E-state index < -0.39 is 0 Å². The zero-order valence-electron chi connectivity index (χ0n) is 16.1. The number of morpholine rings is 1. The summed E-state index contributed by atoms with van der Waals surface area (Å²) >= 11 is 0. The number of hydrogen-bond acceptors (Lipinski definition) is 4. The van der Waals surface area contributed by atoms with Gasteiger partial charge in [-0.15, -0.1) is 24.8 Å². The number of para-hydroxylation sites is 1. The van der Waals surface area contributed by atoms with Crippen molar-refractivity contribution >= 4 is 36.4 Å². The minimum atomic E-state index is 0. The quantitative estimate of drug-likeness (QED) is 0.744. The molecule has 7 heteroatoms. The van der Waals surface area contributed by atoms with Crippen LogP contribution in [0.3, 0.4) is 0 Å². The van der Waals surface area contributed by atoms with Crippen molar-refractivity contribution in [1.82, 2.24) is 10.2 Å². The van der Waals surface area contributed by atoms with Gasteiger partial charge in [0.05, 0.1) is 13.2 Å². The van der Waals surface area contributed by atoms with Crippen LogP contribution in [0.1, 0.15) is 31.7 Å². The topological polar surface area (TPSA) is 53.6 Å². The number of ether oxygens (including phenoxy) is 1. The third-order valence-electron chi connectivity index (χ3n) is 5.49. The molecule has 1 amide bonds. The molecule has 2 saturated heterocycles. The number of halogens is 2. The lowest BCUT2D eigenvalue weighted by Gasteiger charge is -2.28. The summed E-state index contributed by atoms with van der Waals surface area (Å²) in [6, 6.07) is 8.17. The highest BCUT2D eigenvalue weighted by molar-refractivity contribution is 5.91.